The van der Waals surface area contributed by atoms with E-state index >= 15 is 0 Å². The molecule has 5 heteroatoms. The lowest BCUT2D eigenvalue weighted by atomic mass is 10.1. The molecule has 106 valence electrons. The minimum atomic E-state index is -1.14. The van der Waals surface area contributed by atoms with Crippen molar-refractivity contribution in [1.29, 1.82) is 5.41 Å². The summed E-state index contributed by atoms with van der Waals surface area (Å²) < 4.78 is 1.09. The third kappa shape index (κ3) is 4.62. The van der Waals surface area contributed by atoms with Crippen molar-refractivity contribution in [2.75, 3.05) is 5.84 Å². The van der Waals surface area contributed by atoms with E-state index in [-0.39, 0.29) is 11.1 Å². The first-order valence-electron chi connectivity index (χ1n) is 6.36. The zero-order valence-corrected chi connectivity index (χ0v) is 12.0. The summed E-state index contributed by atoms with van der Waals surface area (Å²) in [5.74, 6) is 4.54. The molecule has 0 atom stereocenters. The zero-order valence-electron chi connectivity index (χ0n) is 12.0. The standard InChI is InChI=1S/C11H15N3O2.C3H8/c1-3-4-5-9-7(2)6-8(11(15)16)10(12)14(9)13;1-3-2/h4-6,12H,3,13H2,1-2H3,(H,15,16);3H2,1-2H3/b5-4-,12-10?;. The number of carboxylic acid groups (broad SMARTS) is 1. The summed E-state index contributed by atoms with van der Waals surface area (Å²) in [6, 6.07) is 1.46. The highest BCUT2D eigenvalue weighted by molar-refractivity contribution is 5.87. The molecule has 0 unspecified atom stereocenters. The van der Waals surface area contributed by atoms with Crippen LogP contribution in [0.2, 0.25) is 0 Å². The molecule has 0 spiro atoms. The summed E-state index contributed by atoms with van der Waals surface area (Å²) in [6.45, 7) is 8.00. The van der Waals surface area contributed by atoms with E-state index in [2.05, 4.69) is 13.8 Å². The molecule has 0 radical (unpaired) electrons. The van der Waals surface area contributed by atoms with Crippen molar-refractivity contribution in [3.05, 3.63) is 34.5 Å². The second-order valence-electron chi connectivity index (χ2n) is 4.17. The van der Waals surface area contributed by atoms with Gasteiger partial charge in [0.25, 0.3) is 0 Å². The first-order chi connectivity index (χ1) is 8.90. The highest BCUT2D eigenvalue weighted by Gasteiger charge is 2.11. The quantitative estimate of drug-likeness (QED) is 0.733. The fourth-order valence-corrected chi connectivity index (χ4v) is 1.40. The fraction of sp³-hybridized carbons (Fsp3) is 0.429. The van der Waals surface area contributed by atoms with Gasteiger partial charge in [0.15, 0.2) is 5.49 Å². The fourth-order valence-electron chi connectivity index (χ4n) is 1.40. The van der Waals surface area contributed by atoms with E-state index in [1.54, 1.807) is 13.0 Å². The van der Waals surface area contributed by atoms with E-state index in [4.69, 9.17) is 16.4 Å². The minimum absolute atomic E-state index is 0.0892. The number of nitrogens with two attached hydrogens (primary N) is 1. The molecule has 0 aliphatic carbocycles. The predicted molar refractivity (Wildman–Crippen MR) is 77.4 cm³/mol. The van der Waals surface area contributed by atoms with Crippen LogP contribution in [0, 0.1) is 12.3 Å². The molecule has 0 aromatic carbocycles. The van der Waals surface area contributed by atoms with Crippen molar-refractivity contribution in [1.82, 2.24) is 4.68 Å². The van der Waals surface area contributed by atoms with Crippen molar-refractivity contribution in [3.8, 4) is 0 Å². The monoisotopic (exact) mass is 265 g/mol. The summed E-state index contributed by atoms with van der Waals surface area (Å²) in [5, 5.41) is 16.5. The Morgan fingerprint density at radius 3 is 2.42 bits per heavy atom. The Bertz CT molecular complexity index is 516. The number of nitrogens with zero attached hydrogens (tertiary/aromatic N) is 1. The van der Waals surface area contributed by atoms with Gasteiger partial charge >= 0.3 is 5.97 Å². The zero-order chi connectivity index (χ0) is 15.0. The van der Waals surface area contributed by atoms with Gasteiger partial charge in [0.1, 0.15) is 5.56 Å². The van der Waals surface area contributed by atoms with Crippen LogP contribution in [0.25, 0.3) is 6.08 Å². The van der Waals surface area contributed by atoms with Gasteiger partial charge in [-0.1, -0.05) is 33.3 Å². The SMILES string of the molecule is CC/C=C\c1c(C)cc(C(=O)O)c(=N)n1N.CCC. The number of nitrogen functional groups attached to an aromatic ring is 1. The predicted octanol–water partition coefficient (Wildman–Crippen LogP) is 2.53. The van der Waals surface area contributed by atoms with Gasteiger partial charge in [-0.05, 0) is 31.1 Å². The summed E-state index contributed by atoms with van der Waals surface area (Å²) in [5.41, 5.74) is 1.10. The molecular formula is C14H23N3O2. The summed E-state index contributed by atoms with van der Waals surface area (Å²) in [7, 11) is 0. The molecule has 0 bridgehead atoms. The first-order valence-corrected chi connectivity index (χ1v) is 6.36. The maximum Gasteiger partial charge on any atom is 0.339 e. The van der Waals surface area contributed by atoms with Gasteiger partial charge in [0.2, 0.25) is 0 Å². The minimum Gasteiger partial charge on any atom is -0.478 e. The highest BCUT2D eigenvalue weighted by Crippen LogP contribution is 2.08. The Balaban J connectivity index is 0.000000982. The average molecular weight is 265 g/mol. The molecule has 1 rings (SSSR count). The second-order valence-corrected chi connectivity index (χ2v) is 4.17. The maximum atomic E-state index is 10.8. The number of rotatable bonds is 3. The van der Waals surface area contributed by atoms with E-state index in [9.17, 15) is 4.79 Å². The third-order valence-corrected chi connectivity index (χ3v) is 2.26. The van der Waals surface area contributed by atoms with Gasteiger partial charge in [-0.25, -0.2) is 9.47 Å². The molecular weight excluding hydrogens is 242 g/mol. The first kappa shape index (κ1) is 17.0. The number of carboxylic acids is 1. The molecule has 0 aliphatic rings. The van der Waals surface area contributed by atoms with Crippen molar-refractivity contribution in [2.45, 2.75) is 40.5 Å². The Hall–Kier alpha value is -2.04. The Kier molecular flexibility index (Phi) is 7.26. The van der Waals surface area contributed by atoms with Crippen LogP contribution in [0.4, 0.5) is 0 Å². The van der Waals surface area contributed by atoms with Crippen LogP contribution in [0.3, 0.4) is 0 Å². The number of hydrogen-bond donors (Lipinski definition) is 3. The lowest BCUT2D eigenvalue weighted by Crippen LogP contribution is -2.34. The normalized spacial score (nSPS) is 10.1. The molecule has 19 heavy (non-hydrogen) atoms. The van der Waals surface area contributed by atoms with Crippen LogP contribution in [0.15, 0.2) is 12.1 Å². The number of allylic oxidation sites excluding steroid dienone is 1. The summed E-state index contributed by atoms with van der Waals surface area (Å²) in [6.07, 6.45) is 5.80. The maximum absolute atomic E-state index is 10.8. The van der Waals surface area contributed by atoms with E-state index in [1.165, 1.54) is 12.5 Å². The van der Waals surface area contributed by atoms with Gasteiger partial charge in [-0.3, -0.25) is 5.41 Å². The van der Waals surface area contributed by atoms with Gasteiger partial charge in [-0.2, -0.15) is 0 Å². The average Bonchev–Trinajstić information content (AvgIpc) is 2.34. The molecule has 5 nitrogen and oxygen atoms in total. The molecule has 4 N–H and O–H groups in total. The molecule has 1 heterocycles. The smallest absolute Gasteiger partial charge is 0.339 e. The number of aromatic nitrogens is 1. The van der Waals surface area contributed by atoms with Crippen molar-refractivity contribution < 1.29 is 9.90 Å². The molecule has 0 saturated carbocycles. The molecule has 1 aromatic rings. The lowest BCUT2D eigenvalue weighted by Gasteiger charge is -2.10. The van der Waals surface area contributed by atoms with Crippen molar-refractivity contribution in [3.63, 3.8) is 0 Å². The molecule has 0 fully saturated rings. The third-order valence-electron chi connectivity index (χ3n) is 2.26. The van der Waals surface area contributed by atoms with Crippen LogP contribution >= 0.6 is 0 Å². The number of aryl methyl sites for hydroxylation is 1. The molecule has 0 aliphatic heterocycles. The van der Waals surface area contributed by atoms with Gasteiger partial charge < -0.3 is 10.9 Å². The number of aromatic carboxylic acids is 1. The summed E-state index contributed by atoms with van der Waals surface area (Å²) >= 11 is 0. The van der Waals surface area contributed by atoms with E-state index < -0.39 is 5.97 Å². The number of carbonyl (C=O) groups is 1. The van der Waals surface area contributed by atoms with Gasteiger partial charge in [0.05, 0.1) is 5.69 Å². The molecule has 0 amide bonds. The second kappa shape index (κ2) is 8.13. The Labute approximate surface area is 113 Å². The number of pyridine rings is 1. The molecule has 1 aromatic heterocycles. The summed E-state index contributed by atoms with van der Waals surface area (Å²) in [4.78, 5) is 10.8. The van der Waals surface area contributed by atoms with Crippen molar-refractivity contribution >= 4 is 12.0 Å². The van der Waals surface area contributed by atoms with E-state index in [0.29, 0.717) is 5.69 Å². The van der Waals surface area contributed by atoms with Crippen LogP contribution in [0.1, 0.15) is 55.2 Å². The Morgan fingerprint density at radius 2 is 2.00 bits per heavy atom. The number of nitrogens with one attached hydrogen (secondary N) is 1. The number of hydrogen-bond acceptors (Lipinski definition) is 3. The lowest BCUT2D eigenvalue weighted by molar-refractivity contribution is 0.0693. The van der Waals surface area contributed by atoms with Crippen molar-refractivity contribution in [2.24, 2.45) is 0 Å². The van der Waals surface area contributed by atoms with E-state index in [1.807, 2.05) is 13.0 Å². The van der Waals surface area contributed by atoms with Gasteiger partial charge in [-0.15, -0.1) is 0 Å². The van der Waals surface area contributed by atoms with E-state index in [0.717, 1.165) is 16.7 Å². The van der Waals surface area contributed by atoms with Crippen LogP contribution < -0.4 is 11.3 Å². The van der Waals surface area contributed by atoms with Crippen LogP contribution in [0.5, 0.6) is 0 Å². The van der Waals surface area contributed by atoms with Crippen LogP contribution in [-0.4, -0.2) is 15.8 Å². The highest BCUT2D eigenvalue weighted by atomic mass is 16.4. The van der Waals surface area contributed by atoms with Crippen LogP contribution in [-0.2, 0) is 0 Å². The molecule has 0 saturated heterocycles. The van der Waals surface area contributed by atoms with Gasteiger partial charge in [0, 0.05) is 0 Å². The topological polar surface area (TPSA) is 92.1 Å². The Morgan fingerprint density at radius 1 is 1.47 bits per heavy atom. The largest absolute Gasteiger partial charge is 0.478 e.